The first-order valence-corrected chi connectivity index (χ1v) is 8.60. The number of carboxylic acid groups (broad SMARTS) is 1. The third kappa shape index (κ3) is 4.54. The number of amides is 3. The van der Waals surface area contributed by atoms with Gasteiger partial charge in [-0.05, 0) is 42.5 Å². The molecule has 0 aromatic heterocycles. The normalized spacial score (nSPS) is 10.1. The van der Waals surface area contributed by atoms with Crippen molar-refractivity contribution in [3.05, 3.63) is 107 Å². The predicted octanol–water partition coefficient (Wildman–Crippen LogP) is 3.01. The van der Waals surface area contributed by atoms with Crippen molar-refractivity contribution >= 4 is 23.7 Å². The van der Waals surface area contributed by atoms with Crippen molar-refractivity contribution in [3.8, 4) is 0 Å². The van der Waals surface area contributed by atoms with Gasteiger partial charge in [-0.3, -0.25) is 19.8 Å². The Hall–Kier alpha value is -4.26. The number of rotatable bonds is 4. The third-order valence-corrected chi connectivity index (χ3v) is 4.03. The van der Waals surface area contributed by atoms with E-state index in [1.54, 1.807) is 36.4 Å². The number of hydrogen-bond donors (Lipinski definition) is 2. The van der Waals surface area contributed by atoms with Crippen molar-refractivity contribution in [1.82, 2.24) is 10.4 Å². The van der Waals surface area contributed by atoms with E-state index in [1.165, 1.54) is 42.5 Å². The van der Waals surface area contributed by atoms with Gasteiger partial charge in [0.25, 0.3) is 17.7 Å². The summed E-state index contributed by atoms with van der Waals surface area (Å²) in [5, 5.41) is 9.74. The average Bonchev–Trinajstić information content (AvgIpc) is 2.77. The van der Waals surface area contributed by atoms with Crippen molar-refractivity contribution < 1.29 is 24.3 Å². The summed E-state index contributed by atoms with van der Waals surface area (Å²) in [4.78, 5) is 49.7. The third-order valence-electron chi connectivity index (χ3n) is 4.03. The second-order valence-electron chi connectivity index (χ2n) is 6.00. The second-order valence-corrected chi connectivity index (χ2v) is 6.00. The van der Waals surface area contributed by atoms with E-state index in [9.17, 15) is 19.2 Å². The Morgan fingerprint density at radius 2 is 1.10 bits per heavy atom. The molecule has 0 atom stereocenters. The molecule has 0 fully saturated rings. The quantitative estimate of drug-likeness (QED) is 0.528. The molecular weight excluding hydrogens is 372 g/mol. The number of carbonyl (C=O) groups is 4. The molecule has 0 unspecified atom stereocenters. The summed E-state index contributed by atoms with van der Waals surface area (Å²) in [7, 11) is 0. The van der Waals surface area contributed by atoms with Crippen LogP contribution in [0, 0.1) is 0 Å². The number of hydrazine groups is 1. The van der Waals surface area contributed by atoms with E-state index < -0.39 is 23.7 Å². The van der Waals surface area contributed by atoms with E-state index in [0.29, 0.717) is 5.01 Å². The molecule has 3 amide bonds. The van der Waals surface area contributed by atoms with Gasteiger partial charge >= 0.3 is 5.97 Å². The Labute approximate surface area is 166 Å². The van der Waals surface area contributed by atoms with Crippen LogP contribution in [0.4, 0.5) is 0 Å². The van der Waals surface area contributed by atoms with Crippen LogP contribution in [0.3, 0.4) is 0 Å². The SMILES string of the molecule is O=C(O)c1cccc(C(=O)N(NC(=O)c2ccccc2)C(=O)c2ccccc2)c1. The number of aromatic carboxylic acids is 1. The number of nitrogens with zero attached hydrogens (tertiary/aromatic N) is 1. The van der Waals surface area contributed by atoms with Gasteiger partial charge in [0.1, 0.15) is 0 Å². The molecular formula is C22H16N2O5. The molecule has 0 saturated carbocycles. The van der Waals surface area contributed by atoms with Gasteiger partial charge in [-0.1, -0.05) is 42.5 Å². The highest BCUT2D eigenvalue weighted by molar-refractivity contribution is 6.12. The van der Waals surface area contributed by atoms with E-state index in [4.69, 9.17) is 5.11 Å². The first kappa shape index (κ1) is 19.5. The summed E-state index contributed by atoms with van der Waals surface area (Å²) >= 11 is 0. The van der Waals surface area contributed by atoms with E-state index >= 15 is 0 Å². The van der Waals surface area contributed by atoms with Crippen LogP contribution >= 0.6 is 0 Å². The summed E-state index contributed by atoms with van der Waals surface area (Å²) in [6.07, 6.45) is 0. The Morgan fingerprint density at radius 1 is 0.621 bits per heavy atom. The van der Waals surface area contributed by atoms with Gasteiger partial charge in [0.05, 0.1) is 5.56 Å². The Bertz CT molecular complexity index is 1060. The Morgan fingerprint density at radius 3 is 1.69 bits per heavy atom. The lowest BCUT2D eigenvalue weighted by molar-refractivity contribution is 0.0484. The van der Waals surface area contributed by atoms with Crippen LogP contribution in [0.25, 0.3) is 0 Å². The highest BCUT2D eigenvalue weighted by Crippen LogP contribution is 2.12. The smallest absolute Gasteiger partial charge is 0.335 e. The van der Waals surface area contributed by atoms with Gasteiger partial charge in [-0.2, -0.15) is 5.01 Å². The fraction of sp³-hybridized carbons (Fsp3) is 0. The lowest BCUT2D eigenvalue weighted by Crippen LogP contribution is -2.50. The minimum Gasteiger partial charge on any atom is -0.478 e. The van der Waals surface area contributed by atoms with E-state index in [-0.39, 0.29) is 22.3 Å². The van der Waals surface area contributed by atoms with Crippen LogP contribution < -0.4 is 5.43 Å². The summed E-state index contributed by atoms with van der Waals surface area (Å²) in [5.74, 6) is -3.47. The summed E-state index contributed by atoms with van der Waals surface area (Å²) in [5.41, 5.74) is 2.60. The molecule has 144 valence electrons. The molecule has 0 bridgehead atoms. The van der Waals surface area contributed by atoms with Gasteiger partial charge in [-0.15, -0.1) is 0 Å². The molecule has 0 aliphatic rings. The van der Waals surface area contributed by atoms with Gasteiger partial charge < -0.3 is 5.11 Å². The lowest BCUT2D eigenvalue weighted by Gasteiger charge is -2.22. The number of nitrogens with one attached hydrogen (secondary N) is 1. The molecule has 3 rings (SSSR count). The molecule has 0 saturated heterocycles. The maximum Gasteiger partial charge on any atom is 0.335 e. The lowest BCUT2D eigenvalue weighted by atomic mass is 10.1. The van der Waals surface area contributed by atoms with Crippen LogP contribution in [-0.4, -0.2) is 33.8 Å². The van der Waals surface area contributed by atoms with Gasteiger partial charge in [-0.25, -0.2) is 4.79 Å². The molecule has 0 aliphatic heterocycles. The van der Waals surface area contributed by atoms with Gasteiger partial charge in [0.2, 0.25) is 0 Å². The molecule has 7 nitrogen and oxygen atoms in total. The first-order valence-electron chi connectivity index (χ1n) is 8.60. The topological polar surface area (TPSA) is 104 Å². The summed E-state index contributed by atoms with van der Waals surface area (Å²) in [6.45, 7) is 0. The fourth-order valence-corrected chi connectivity index (χ4v) is 2.57. The maximum absolute atomic E-state index is 13.0. The van der Waals surface area contributed by atoms with Crippen LogP contribution in [0.15, 0.2) is 84.9 Å². The molecule has 2 N–H and O–H groups in total. The summed E-state index contributed by atoms with van der Waals surface area (Å²) < 4.78 is 0. The van der Waals surface area contributed by atoms with Crippen LogP contribution in [0.1, 0.15) is 41.4 Å². The molecule has 3 aromatic rings. The second kappa shape index (κ2) is 8.62. The van der Waals surface area contributed by atoms with E-state index in [0.717, 1.165) is 6.07 Å². The first-order chi connectivity index (χ1) is 14.0. The highest BCUT2D eigenvalue weighted by atomic mass is 16.4. The number of carboxylic acids is 1. The van der Waals surface area contributed by atoms with E-state index in [2.05, 4.69) is 5.43 Å². The van der Waals surface area contributed by atoms with Crippen molar-refractivity contribution in [1.29, 1.82) is 0 Å². The standard InChI is InChI=1S/C22H16N2O5/c25-19(15-8-3-1-4-9-15)23-24(20(26)16-10-5-2-6-11-16)21(27)17-12-7-13-18(14-17)22(28)29/h1-14H,(H,23,25)(H,28,29). The highest BCUT2D eigenvalue weighted by Gasteiger charge is 2.27. The molecule has 3 aromatic carbocycles. The molecule has 0 radical (unpaired) electrons. The predicted molar refractivity (Wildman–Crippen MR) is 104 cm³/mol. The molecule has 0 heterocycles. The monoisotopic (exact) mass is 388 g/mol. The van der Waals surface area contributed by atoms with Gasteiger partial charge in [0, 0.05) is 16.7 Å². The van der Waals surface area contributed by atoms with Crippen LogP contribution in [0.5, 0.6) is 0 Å². The van der Waals surface area contributed by atoms with Crippen molar-refractivity contribution in [2.75, 3.05) is 0 Å². The number of imide groups is 1. The van der Waals surface area contributed by atoms with Crippen LogP contribution in [0.2, 0.25) is 0 Å². The molecule has 29 heavy (non-hydrogen) atoms. The fourth-order valence-electron chi connectivity index (χ4n) is 2.57. The number of benzene rings is 3. The van der Waals surface area contributed by atoms with Crippen molar-refractivity contribution in [2.45, 2.75) is 0 Å². The Balaban J connectivity index is 1.97. The zero-order chi connectivity index (χ0) is 20.8. The molecule has 0 aliphatic carbocycles. The van der Waals surface area contributed by atoms with Crippen molar-refractivity contribution in [3.63, 3.8) is 0 Å². The number of carbonyl (C=O) groups excluding carboxylic acids is 3. The Kier molecular flexibility index (Phi) is 5.80. The van der Waals surface area contributed by atoms with E-state index in [1.807, 2.05) is 0 Å². The zero-order valence-electron chi connectivity index (χ0n) is 15.1. The van der Waals surface area contributed by atoms with Gasteiger partial charge in [0.15, 0.2) is 0 Å². The molecule has 7 heteroatoms. The van der Waals surface area contributed by atoms with Crippen LogP contribution in [-0.2, 0) is 0 Å². The maximum atomic E-state index is 13.0. The minimum atomic E-state index is -1.21. The minimum absolute atomic E-state index is 0.0532. The zero-order valence-corrected chi connectivity index (χ0v) is 15.1. The summed E-state index contributed by atoms with van der Waals surface area (Å²) in [6, 6.07) is 21.3. The number of hydrogen-bond acceptors (Lipinski definition) is 4. The largest absolute Gasteiger partial charge is 0.478 e. The molecule has 0 spiro atoms. The van der Waals surface area contributed by atoms with Crippen molar-refractivity contribution in [2.24, 2.45) is 0 Å². The average molecular weight is 388 g/mol.